The Balaban J connectivity index is 2.32. The minimum Gasteiger partial charge on any atom is -0.545 e. The van der Waals surface area contributed by atoms with E-state index in [0.29, 0.717) is 5.56 Å². The van der Waals surface area contributed by atoms with E-state index in [0.717, 1.165) is 0 Å². The molecule has 0 unspecified atom stereocenters. The van der Waals surface area contributed by atoms with Gasteiger partial charge in [0.2, 0.25) is 0 Å². The molecule has 0 aliphatic rings. The summed E-state index contributed by atoms with van der Waals surface area (Å²) in [6.45, 7) is 1.63. The number of carbonyl (C=O) groups excluding carboxylic acids is 2. The quantitative estimate of drug-likeness (QED) is 0.879. The molecule has 92 valence electrons. The number of rotatable bonds is 3. The second-order valence-corrected chi connectivity index (χ2v) is 3.72. The minimum absolute atomic E-state index is 0.0302. The van der Waals surface area contributed by atoms with E-state index >= 15 is 0 Å². The second kappa shape index (κ2) is 4.75. The lowest BCUT2D eigenvalue weighted by Gasteiger charge is -2.13. The van der Waals surface area contributed by atoms with Gasteiger partial charge in [-0.05, 0) is 30.7 Å². The monoisotopic (exact) mass is 244 g/mol. The SMILES string of the molecule is Cc1cccc(NC(=O)c2ccco2)c1C(=O)[O-]. The molecule has 0 atom stereocenters. The highest BCUT2D eigenvalue weighted by Crippen LogP contribution is 2.19. The van der Waals surface area contributed by atoms with Crippen LogP contribution < -0.4 is 10.4 Å². The molecule has 1 heterocycles. The first-order valence-electron chi connectivity index (χ1n) is 5.25. The van der Waals surface area contributed by atoms with E-state index in [1.54, 1.807) is 25.1 Å². The largest absolute Gasteiger partial charge is 0.545 e. The van der Waals surface area contributed by atoms with Crippen LogP contribution in [0.4, 0.5) is 5.69 Å². The Bertz CT molecular complexity index is 587. The van der Waals surface area contributed by atoms with Crippen molar-refractivity contribution in [2.75, 3.05) is 5.32 Å². The standard InChI is InChI=1S/C13H11NO4/c1-8-4-2-5-9(11(8)13(16)17)14-12(15)10-6-3-7-18-10/h2-7H,1H3,(H,14,15)(H,16,17)/p-1. The average molecular weight is 244 g/mol. The summed E-state index contributed by atoms with van der Waals surface area (Å²) in [5, 5.41) is 13.5. The molecule has 0 aliphatic carbocycles. The molecule has 2 rings (SSSR count). The first kappa shape index (κ1) is 11.9. The summed E-state index contributed by atoms with van der Waals surface area (Å²) < 4.78 is 4.92. The third-order valence-corrected chi connectivity index (χ3v) is 2.47. The van der Waals surface area contributed by atoms with Crippen molar-refractivity contribution in [3.05, 3.63) is 53.5 Å². The van der Waals surface area contributed by atoms with Gasteiger partial charge >= 0.3 is 0 Å². The van der Waals surface area contributed by atoms with Crippen molar-refractivity contribution in [1.82, 2.24) is 0 Å². The van der Waals surface area contributed by atoms with Crippen LogP contribution in [0.2, 0.25) is 0 Å². The molecule has 18 heavy (non-hydrogen) atoms. The molecule has 0 bridgehead atoms. The van der Waals surface area contributed by atoms with Gasteiger partial charge in [0.05, 0.1) is 17.9 Å². The third-order valence-electron chi connectivity index (χ3n) is 2.47. The second-order valence-electron chi connectivity index (χ2n) is 3.72. The van der Waals surface area contributed by atoms with Crippen LogP contribution in [-0.4, -0.2) is 11.9 Å². The summed E-state index contributed by atoms with van der Waals surface area (Å²) >= 11 is 0. The van der Waals surface area contributed by atoms with Gasteiger partial charge < -0.3 is 19.6 Å². The van der Waals surface area contributed by atoms with Crippen molar-refractivity contribution in [2.24, 2.45) is 0 Å². The minimum atomic E-state index is -1.33. The molecule has 1 N–H and O–H groups in total. The van der Waals surface area contributed by atoms with E-state index in [4.69, 9.17) is 4.42 Å². The Hall–Kier alpha value is -2.56. The van der Waals surface area contributed by atoms with E-state index in [-0.39, 0.29) is 17.0 Å². The zero-order valence-corrected chi connectivity index (χ0v) is 9.60. The first-order chi connectivity index (χ1) is 8.59. The molecular weight excluding hydrogens is 234 g/mol. The predicted octanol–water partition coefficient (Wildman–Crippen LogP) is 1.20. The van der Waals surface area contributed by atoms with Gasteiger partial charge in [0.25, 0.3) is 5.91 Å². The number of carbonyl (C=O) groups is 2. The summed E-state index contributed by atoms with van der Waals surface area (Å²) in [5.41, 5.74) is 0.682. The van der Waals surface area contributed by atoms with Crippen LogP contribution in [0, 0.1) is 6.92 Å². The fraction of sp³-hybridized carbons (Fsp3) is 0.0769. The summed E-state index contributed by atoms with van der Waals surface area (Å²) in [5.74, 6) is -1.73. The molecule has 5 nitrogen and oxygen atoms in total. The highest BCUT2D eigenvalue weighted by Gasteiger charge is 2.12. The first-order valence-corrected chi connectivity index (χ1v) is 5.25. The maximum atomic E-state index is 11.7. The van der Waals surface area contributed by atoms with Gasteiger partial charge in [0.1, 0.15) is 0 Å². The van der Waals surface area contributed by atoms with E-state index < -0.39 is 11.9 Å². The maximum absolute atomic E-state index is 11.7. The van der Waals surface area contributed by atoms with Gasteiger partial charge in [-0.3, -0.25) is 4.79 Å². The topological polar surface area (TPSA) is 82.4 Å². The summed E-state index contributed by atoms with van der Waals surface area (Å²) in [7, 11) is 0. The van der Waals surface area contributed by atoms with E-state index in [2.05, 4.69) is 5.32 Å². The summed E-state index contributed by atoms with van der Waals surface area (Å²) in [6.07, 6.45) is 1.37. The number of carboxylic acids is 1. The Morgan fingerprint density at radius 3 is 2.61 bits per heavy atom. The lowest BCUT2D eigenvalue weighted by molar-refractivity contribution is -0.254. The molecule has 2 aromatic rings. The fourth-order valence-corrected chi connectivity index (χ4v) is 1.63. The summed E-state index contributed by atoms with van der Waals surface area (Å²) in [4.78, 5) is 22.8. The van der Waals surface area contributed by atoms with E-state index in [1.807, 2.05) is 0 Å². The molecule has 5 heteroatoms. The van der Waals surface area contributed by atoms with Crippen molar-refractivity contribution in [2.45, 2.75) is 6.92 Å². The number of furan rings is 1. The van der Waals surface area contributed by atoms with Crippen molar-refractivity contribution in [1.29, 1.82) is 0 Å². The average Bonchev–Trinajstić information content (AvgIpc) is 2.81. The Labute approximate surface area is 103 Å². The molecule has 0 spiro atoms. The van der Waals surface area contributed by atoms with Crippen LogP contribution in [0.5, 0.6) is 0 Å². The normalized spacial score (nSPS) is 10.1. The maximum Gasteiger partial charge on any atom is 0.291 e. The van der Waals surface area contributed by atoms with Crippen molar-refractivity contribution in [3.63, 3.8) is 0 Å². The number of aromatic carboxylic acids is 1. The van der Waals surface area contributed by atoms with Crippen LogP contribution in [0.3, 0.4) is 0 Å². The molecule has 0 saturated heterocycles. The highest BCUT2D eigenvalue weighted by atomic mass is 16.4. The van der Waals surface area contributed by atoms with Crippen molar-refractivity contribution >= 4 is 17.6 Å². The molecule has 1 aromatic carbocycles. The number of carboxylic acid groups (broad SMARTS) is 1. The lowest BCUT2D eigenvalue weighted by Crippen LogP contribution is -2.25. The van der Waals surface area contributed by atoms with Gasteiger partial charge in [-0.25, -0.2) is 0 Å². The van der Waals surface area contributed by atoms with Crippen molar-refractivity contribution < 1.29 is 19.1 Å². The fourth-order valence-electron chi connectivity index (χ4n) is 1.63. The number of nitrogens with one attached hydrogen (secondary N) is 1. The molecule has 0 aliphatic heterocycles. The van der Waals surface area contributed by atoms with Crippen LogP contribution in [0.1, 0.15) is 26.5 Å². The van der Waals surface area contributed by atoms with E-state index in [9.17, 15) is 14.7 Å². The third kappa shape index (κ3) is 2.24. The molecular formula is C13H10NO4-. The summed E-state index contributed by atoms with van der Waals surface area (Å²) in [6, 6.07) is 7.85. The number of hydrogen-bond donors (Lipinski definition) is 1. The predicted molar refractivity (Wildman–Crippen MR) is 62.2 cm³/mol. The van der Waals surface area contributed by atoms with Gasteiger partial charge in [-0.15, -0.1) is 0 Å². The van der Waals surface area contributed by atoms with Gasteiger partial charge in [0, 0.05) is 5.56 Å². The Kier molecular flexibility index (Phi) is 3.14. The Morgan fingerprint density at radius 1 is 1.22 bits per heavy atom. The smallest absolute Gasteiger partial charge is 0.291 e. The van der Waals surface area contributed by atoms with Crippen LogP contribution in [-0.2, 0) is 0 Å². The molecule has 0 fully saturated rings. The zero-order chi connectivity index (χ0) is 13.1. The zero-order valence-electron chi connectivity index (χ0n) is 9.60. The molecule has 1 aromatic heterocycles. The van der Waals surface area contributed by atoms with Gasteiger partial charge in [0.15, 0.2) is 5.76 Å². The number of anilines is 1. The molecule has 1 amide bonds. The molecule has 0 radical (unpaired) electrons. The van der Waals surface area contributed by atoms with Gasteiger partial charge in [-0.2, -0.15) is 0 Å². The van der Waals surface area contributed by atoms with Crippen LogP contribution >= 0.6 is 0 Å². The van der Waals surface area contributed by atoms with E-state index in [1.165, 1.54) is 18.4 Å². The van der Waals surface area contributed by atoms with Crippen LogP contribution in [0.15, 0.2) is 41.0 Å². The Morgan fingerprint density at radius 2 is 2.00 bits per heavy atom. The highest BCUT2D eigenvalue weighted by molar-refractivity contribution is 6.06. The van der Waals surface area contributed by atoms with Crippen LogP contribution in [0.25, 0.3) is 0 Å². The number of benzene rings is 1. The number of aryl methyl sites for hydroxylation is 1. The van der Waals surface area contributed by atoms with Crippen molar-refractivity contribution in [3.8, 4) is 0 Å². The lowest BCUT2D eigenvalue weighted by atomic mass is 10.1. The van der Waals surface area contributed by atoms with Gasteiger partial charge in [-0.1, -0.05) is 12.1 Å². The number of amides is 1. The molecule has 0 saturated carbocycles. The number of hydrogen-bond acceptors (Lipinski definition) is 4.